The van der Waals surface area contributed by atoms with Gasteiger partial charge in [0, 0.05) is 16.3 Å². The Kier molecular flexibility index (Phi) is 6.09. The van der Waals surface area contributed by atoms with E-state index in [2.05, 4.69) is 10.4 Å². The van der Waals surface area contributed by atoms with E-state index in [9.17, 15) is 13.2 Å². The van der Waals surface area contributed by atoms with Gasteiger partial charge in [-0.2, -0.15) is 5.10 Å². The number of nitrogens with two attached hydrogens (primary N) is 1. The molecule has 3 aromatic carbocycles. The van der Waals surface area contributed by atoms with Gasteiger partial charge in [0.25, 0.3) is 5.91 Å². The number of amides is 1. The van der Waals surface area contributed by atoms with Crippen LogP contribution >= 0.6 is 11.6 Å². The normalized spacial score (nSPS) is 11.3. The van der Waals surface area contributed by atoms with Crippen LogP contribution < -0.4 is 10.5 Å². The third-order valence-corrected chi connectivity index (χ3v) is 5.65. The molecular formula is C23H19ClN4O3S. The summed E-state index contributed by atoms with van der Waals surface area (Å²) in [7, 11) is -3.63. The van der Waals surface area contributed by atoms with Crippen LogP contribution in [0.3, 0.4) is 0 Å². The third-order valence-electron chi connectivity index (χ3n) is 4.66. The molecule has 1 heterocycles. The summed E-state index contributed by atoms with van der Waals surface area (Å²) in [6, 6.07) is 24.7. The van der Waals surface area contributed by atoms with Gasteiger partial charge in [0.05, 0.1) is 17.1 Å². The molecule has 9 heteroatoms. The van der Waals surface area contributed by atoms with Crippen molar-refractivity contribution in [2.75, 3.05) is 5.32 Å². The molecule has 3 N–H and O–H groups in total. The first kappa shape index (κ1) is 21.8. The minimum atomic E-state index is -3.63. The number of aromatic nitrogens is 2. The Morgan fingerprint density at radius 1 is 0.969 bits per heavy atom. The number of carbonyl (C=O) groups excluding carboxylic acids is 1. The van der Waals surface area contributed by atoms with Gasteiger partial charge in [-0.3, -0.25) is 4.79 Å². The van der Waals surface area contributed by atoms with Crippen molar-refractivity contribution >= 4 is 33.2 Å². The molecule has 0 atom stereocenters. The molecule has 1 amide bonds. The lowest BCUT2D eigenvalue weighted by Crippen LogP contribution is -2.17. The number of para-hydroxylation sites is 1. The van der Waals surface area contributed by atoms with Crippen LogP contribution in [0, 0.1) is 0 Å². The van der Waals surface area contributed by atoms with Crippen molar-refractivity contribution in [3.8, 4) is 16.9 Å². The highest BCUT2D eigenvalue weighted by Crippen LogP contribution is 2.24. The van der Waals surface area contributed by atoms with Crippen LogP contribution in [0.4, 0.5) is 5.69 Å². The Hall–Kier alpha value is -3.46. The molecule has 0 saturated carbocycles. The predicted octanol–water partition coefficient (Wildman–Crippen LogP) is 4.23. The van der Waals surface area contributed by atoms with Gasteiger partial charge in [0.15, 0.2) is 0 Å². The van der Waals surface area contributed by atoms with Crippen LogP contribution in [-0.2, 0) is 15.8 Å². The van der Waals surface area contributed by atoms with Crippen LogP contribution in [0.15, 0.2) is 84.9 Å². The van der Waals surface area contributed by atoms with Crippen molar-refractivity contribution < 1.29 is 13.2 Å². The van der Waals surface area contributed by atoms with Crippen molar-refractivity contribution in [3.05, 3.63) is 101 Å². The van der Waals surface area contributed by atoms with Crippen molar-refractivity contribution in [2.24, 2.45) is 5.14 Å². The molecular weight excluding hydrogens is 448 g/mol. The Balaban J connectivity index is 1.65. The van der Waals surface area contributed by atoms with E-state index < -0.39 is 10.0 Å². The first-order valence-corrected chi connectivity index (χ1v) is 11.7. The number of halogens is 1. The summed E-state index contributed by atoms with van der Waals surface area (Å²) in [5.74, 6) is -0.632. The molecule has 0 aliphatic rings. The van der Waals surface area contributed by atoms with Gasteiger partial charge < -0.3 is 5.32 Å². The number of rotatable bonds is 6. The Morgan fingerprint density at radius 2 is 1.62 bits per heavy atom. The van der Waals surface area contributed by atoms with E-state index in [-0.39, 0.29) is 11.7 Å². The van der Waals surface area contributed by atoms with Gasteiger partial charge in [-0.25, -0.2) is 18.2 Å². The molecule has 4 rings (SSSR count). The zero-order valence-electron chi connectivity index (χ0n) is 16.8. The number of primary sulfonamides is 1. The summed E-state index contributed by atoms with van der Waals surface area (Å²) >= 11 is 5.99. The molecule has 7 nitrogen and oxygen atoms in total. The van der Waals surface area contributed by atoms with E-state index in [0.29, 0.717) is 27.7 Å². The van der Waals surface area contributed by atoms with Crippen molar-refractivity contribution in [3.63, 3.8) is 0 Å². The quantitative estimate of drug-likeness (QED) is 0.443. The lowest BCUT2D eigenvalue weighted by atomic mass is 10.1. The van der Waals surface area contributed by atoms with Crippen LogP contribution in [-0.4, -0.2) is 24.1 Å². The molecule has 0 unspecified atom stereocenters. The van der Waals surface area contributed by atoms with E-state index >= 15 is 0 Å². The zero-order chi connectivity index (χ0) is 22.7. The zero-order valence-corrected chi connectivity index (χ0v) is 18.3. The fourth-order valence-corrected chi connectivity index (χ4v) is 3.97. The Bertz CT molecular complexity index is 1350. The summed E-state index contributed by atoms with van der Waals surface area (Å²) in [6.07, 6.45) is 0. The maximum Gasteiger partial charge on any atom is 0.274 e. The molecule has 0 fully saturated rings. The number of benzene rings is 3. The van der Waals surface area contributed by atoms with E-state index in [1.165, 1.54) is 0 Å². The maximum absolute atomic E-state index is 13.1. The molecule has 0 radical (unpaired) electrons. The van der Waals surface area contributed by atoms with Crippen LogP contribution in [0.2, 0.25) is 5.02 Å². The van der Waals surface area contributed by atoms with Crippen molar-refractivity contribution in [2.45, 2.75) is 5.75 Å². The van der Waals surface area contributed by atoms with Gasteiger partial charge >= 0.3 is 0 Å². The number of hydrogen-bond donors (Lipinski definition) is 2. The molecule has 0 spiro atoms. The minimum absolute atomic E-state index is 0.271. The highest BCUT2D eigenvalue weighted by atomic mass is 35.5. The summed E-state index contributed by atoms with van der Waals surface area (Å²) in [5.41, 5.74) is 3.58. The number of nitrogens with zero attached hydrogens (tertiary/aromatic N) is 2. The van der Waals surface area contributed by atoms with Crippen LogP contribution in [0.1, 0.15) is 16.1 Å². The van der Waals surface area contributed by atoms with Gasteiger partial charge in [-0.15, -0.1) is 0 Å². The smallest absolute Gasteiger partial charge is 0.274 e. The largest absolute Gasteiger partial charge is 0.321 e. The van der Waals surface area contributed by atoms with Crippen LogP contribution in [0.25, 0.3) is 16.9 Å². The Morgan fingerprint density at radius 3 is 2.25 bits per heavy atom. The third kappa shape index (κ3) is 5.23. The second kappa shape index (κ2) is 8.96. The van der Waals surface area contributed by atoms with Gasteiger partial charge in [0.2, 0.25) is 10.0 Å². The van der Waals surface area contributed by atoms with Gasteiger partial charge in [0.1, 0.15) is 5.69 Å². The Labute approximate surface area is 190 Å². The number of anilines is 1. The summed E-state index contributed by atoms with van der Waals surface area (Å²) in [4.78, 5) is 13.1. The monoisotopic (exact) mass is 466 g/mol. The van der Waals surface area contributed by atoms with E-state index in [4.69, 9.17) is 16.7 Å². The average molecular weight is 467 g/mol. The van der Waals surface area contributed by atoms with Gasteiger partial charge in [-0.1, -0.05) is 54.1 Å². The number of sulfonamides is 1. The van der Waals surface area contributed by atoms with Gasteiger partial charge in [-0.05, 0) is 48.0 Å². The van der Waals surface area contributed by atoms with Crippen molar-refractivity contribution in [1.29, 1.82) is 0 Å². The first-order chi connectivity index (χ1) is 15.3. The van der Waals surface area contributed by atoms with Crippen molar-refractivity contribution in [1.82, 2.24) is 9.78 Å². The lowest BCUT2D eigenvalue weighted by Gasteiger charge is -2.09. The highest BCUT2D eigenvalue weighted by molar-refractivity contribution is 7.88. The van der Waals surface area contributed by atoms with Crippen LogP contribution in [0.5, 0.6) is 0 Å². The van der Waals surface area contributed by atoms with E-state index in [1.807, 2.05) is 42.5 Å². The minimum Gasteiger partial charge on any atom is -0.321 e. The molecule has 4 aromatic rings. The number of nitrogens with one attached hydrogen (secondary N) is 1. The molecule has 32 heavy (non-hydrogen) atoms. The molecule has 0 saturated heterocycles. The second-order valence-corrected chi connectivity index (χ2v) is 9.18. The molecule has 0 bridgehead atoms. The SMILES string of the molecule is NS(=O)(=O)Cc1ccc(NC(=O)c2cc(-c3ccc(Cl)cc3)nn2-c2ccccc2)cc1. The maximum atomic E-state index is 13.1. The molecule has 0 aliphatic heterocycles. The average Bonchev–Trinajstić information content (AvgIpc) is 3.21. The van der Waals surface area contributed by atoms with E-state index in [1.54, 1.807) is 47.1 Å². The topological polar surface area (TPSA) is 107 Å². The summed E-state index contributed by atoms with van der Waals surface area (Å²) < 4.78 is 24.1. The fraction of sp³-hybridized carbons (Fsp3) is 0.0435. The lowest BCUT2D eigenvalue weighted by molar-refractivity contribution is 0.101. The fourth-order valence-electron chi connectivity index (χ4n) is 3.18. The first-order valence-electron chi connectivity index (χ1n) is 9.61. The standard InChI is InChI=1S/C23H19ClN4O3S/c24-18-10-8-17(9-11-18)21-14-22(28(27-21)20-4-2-1-3-5-20)23(29)26-19-12-6-16(7-13-19)15-32(25,30)31/h1-14H,15H2,(H,26,29)(H2,25,30,31). The predicted molar refractivity (Wildman–Crippen MR) is 125 cm³/mol. The summed E-state index contributed by atoms with van der Waals surface area (Å²) in [6.45, 7) is 0. The molecule has 1 aromatic heterocycles. The number of carbonyl (C=O) groups is 1. The van der Waals surface area contributed by atoms with E-state index in [0.717, 1.165) is 11.3 Å². The molecule has 162 valence electrons. The highest BCUT2D eigenvalue weighted by Gasteiger charge is 2.18. The second-order valence-electron chi connectivity index (χ2n) is 7.13. The molecule has 0 aliphatic carbocycles. The number of hydrogen-bond acceptors (Lipinski definition) is 4. The summed E-state index contributed by atoms with van der Waals surface area (Å²) in [5, 5.41) is 13.1.